The lowest BCUT2D eigenvalue weighted by Crippen LogP contribution is -2.15. The third-order valence-electron chi connectivity index (χ3n) is 3.86. The van der Waals surface area contributed by atoms with Crippen LogP contribution in [0.4, 0.5) is 18.9 Å². The van der Waals surface area contributed by atoms with Crippen molar-refractivity contribution in [3.8, 4) is 5.88 Å². The standard InChI is InChI=1S/C18H17F3N6O2S/c1-10-16(17(28)26-11-2-3-15(25-7-11)29-5-4-22)13(30-27-10)6-12-8-24-14(9-23-12)18(19,20)21/h2-3,7-9H,4-6,22H2,1H3,(H,26,28). The number of amides is 1. The van der Waals surface area contributed by atoms with Crippen molar-refractivity contribution in [2.45, 2.75) is 19.5 Å². The summed E-state index contributed by atoms with van der Waals surface area (Å²) in [6.07, 6.45) is -1.27. The molecule has 3 heterocycles. The molecule has 0 unspecified atom stereocenters. The van der Waals surface area contributed by atoms with Gasteiger partial charge in [0, 0.05) is 30.1 Å². The second-order valence-corrected chi connectivity index (χ2v) is 6.97. The van der Waals surface area contributed by atoms with Crippen LogP contribution in [0, 0.1) is 6.92 Å². The number of nitrogens with one attached hydrogen (secondary N) is 1. The number of hydrogen-bond donors (Lipinski definition) is 2. The van der Waals surface area contributed by atoms with Crippen molar-refractivity contribution < 1.29 is 22.7 Å². The average Bonchev–Trinajstić information content (AvgIpc) is 3.07. The number of nitrogens with two attached hydrogens (primary N) is 1. The van der Waals surface area contributed by atoms with Crippen molar-refractivity contribution in [3.63, 3.8) is 0 Å². The van der Waals surface area contributed by atoms with Gasteiger partial charge in [-0.25, -0.2) is 9.97 Å². The van der Waals surface area contributed by atoms with Crippen LogP contribution in [0.25, 0.3) is 0 Å². The van der Waals surface area contributed by atoms with E-state index in [2.05, 4.69) is 24.6 Å². The summed E-state index contributed by atoms with van der Waals surface area (Å²) >= 11 is 1.08. The number of halogens is 3. The van der Waals surface area contributed by atoms with E-state index in [-0.39, 0.29) is 6.42 Å². The van der Waals surface area contributed by atoms with E-state index >= 15 is 0 Å². The number of pyridine rings is 1. The van der Waals surface area contributed by atoms with Crippen LogP contribution in [0.3, 0.4) is 0 Å². The van der Waals surface area contributed by atoms with Crippen LogP contribution in [-0.4, -0.2) is 38.4 Å². The Morgan fingerprint density at radius 3 is 2.60 bits per heavy atom. The zero-order valence-corrected chi connectivity index (χ0v) is 16.5. The number of alkyl halides is 3. The van der Waals surface area contributed by atoms with Crippen LogP contribution in [0.1, 0.15) is 32.3 Å². The lowest BCUT2D eigenvalue weighted by molar-refractivity contribution is -0.141. The lowest BCUT2D eigenvalue weighted by atomic mass is 10.1. The van der Waals surface area contributed by atoms with Crippen LogP contribution < -0.4 is 15.8 Å². The predicted molar refractivity (Wildman–Crippen MR) is 103 cm³/mol. The maximum absolute atomic E-state index is 12.7. The van der Waals surface area contributed by atoms with Crippen LogP contribution >= 0.6 is 11.5 Å². The highest BCUT2D eigenvalue weighted by Gasteiger charge is 2.32. The van der Waals surface area contributed by atoms with Crippen molar-refractivity contribution in [1.29, 1.82) is 0 Å². The van der Waals surface area contributed by atoms with Crippen LogP contribution in [0.5, 0.6) is 5.88 Å². The van der Waals surface area contributed by atoms with Gasteiger partial charge in [0.15, 0.2) is 5.69 Å². The topological polar surface area (TPSA) is 116 Å². The first-order valence-electron chi connectivity index (χ1n) is 8.71. The van der Waals surface area contributed by atoms with E-state index in [1.54, 1.807) is 19.1 Å². The molecule has 0 radical (unpaired) electrons. The highest BCUT2D eigenvalue weighted by molar-refractivity contribution is 7.06. The second kappa shape index (κ2) is 9.13. The molecule has 1 amide bonds. The SMILES string of the molecule is Cc1nsc(Cc2cnc(C(F)(F)F)cn2)c1C(=O)Nc1ccc(OCCN)nc1. The molecular formula is C18H17F3N6O2S. The first-order chi connectivity index (χ1) is 14.3. The minimum Gasteiger partial charge on any atom is -0.476 e. The van der Waals surface area contributed by atoms with Crippen LogP contribution in [0.2, 0.25) is 0 Å². The number of aromatic nitrogens is 4. The van der Waals surface area contributed by atoms with Crippen molar-refractivity contribution in [2.24, 2.45) is 5.73 Å². The van der Waals surface area contributed by atoms with Gasteiger partial charge in [-0.2, -0.15) is 17.5 Å². The van der Waals surface area contributed by atoms with Gasteiger partial charge in [-0.15, -0.1) is 0 Å². The Kier molecular flexibility index (Phi) is 6.57. The highest BCUT2D eigenvalue weighted by Crippen LogP contribution is 2.27. The van der Waals surface area contributed by atoms with Gasteiger partial charge in [0.2, 0.25) is 5.88 Å². The summed E-state index contributed by atoms with van der Waals surface area (Å²) in [5.74, 6) is -0.0260. The lowest BCUT2D eigenvalue weighted by Gasteiger charge is -2.08. The number of rotatable bonds is 7. The molecule has 0 aromatic carbocycles. The summed E-state index contributed by atoms with van der Waals surface area (Å²) in [5.41, 5.74) is 5.88. The van der Waals surface area contributed by atoms with Gasteiger partial charge in [0.05, 0.1) is 35.0 Å². The average molecular weight is 438 g/mol. The number of carbonyl (C=O) groups is 1. The number of aryl methyl sites for hydroxylation is 1. The van der Waals surface area contributed by atoms with Crippen molar-refractivity contribution in [2.75, 3.05) is 18.5 Å². The Labute approximate surface area is 173 Å². The van der Waals surface area contributed by atoms with E-state index in [1.807, 2.05) is 0 Å². The van der Waals surface area contributed by atoms with E-state index in [9.17, 15) is 18.0 Å². The summed E-state index contributed by atoms with van der Waals surface area (Å²) < 4.78 is 47.4. The van der Waals surface area contributed by atoms with E-state index in [0.717, 1.165) is 17.7 Å². The molecule has 0 aliphatic heterocycles. The minimum absolute atomic E-state index is 0.128. The van der Waals surface area contributed by atoms with Gasteiger partial charge >= 0.3 is 6.18 Å². The Balaban J connectivity index is 1.72. The second-order valence-electron chi connectivity index (χ2n) is 6.11. The summed E-state index contributed by atoms with van der Waals surface area (Å²) in [4.78, 5) is 24.6. The summed E-state index contributed by atoms with van der Waals surface area (Å²) in [5, 5.41) is 2.72. The van der Waals surface area contributed by atoms with Crippen LogP contribution in [-0.2, 0) is 12.6 Å². The Hall–Kier alpha value is -3.12. The zero-order valence-electron chi connectivity index (χ0n) is 15.7. The molecule has 0 spiro atoms. The Bertz CT molecular complexity index is 1010. The molecule has 30 heavy (non-hydrogen) atoms. The molecule has 3 aromatic rings. The summed E-state index contributed by atoms with van der Waals surface area (Å²) in [6.45, 7) is 2.36. The number of nitrogens with zero attached hydrogens (tertiary/aromatic N) is 4. The molecule has 3 aromatic heterocycles. The fraction of sp³-hybridized carbons (Fsp3) is 0.278. The van der Waals surface area contributed by atoms with Crippen molar-refractivity contribution in [1.82, 2.24) is 19.3 Å². The molecule has 0 aliphatic rings. The van der Waals surface area contributed by atoms with Crippen molar-refractivity contribution in [3.05, 3.63) is 58.2 Å². The molecule has 0 aliphatic carbocycles. The fourth-order valence-electron chi connectivity index (χ4n) is 2.48. The molecule has 8 nitrogen and oxygen atoms in total. The largest absolute Gasteiger partial charge is 0.476 e. The Morgan fingerprint density at radius 2 is 2.00 bits per heavy atom. The quantitative estimate of drug-likeness (QED) is 0.583. The molecular weight excluding hydrogens is 421 g/mol. The van der Waals surface area contributed by atoms with Gasteiger partial charge < -0.3 is 15.8 Å². The predicted octanol–water partition coefficient (Wildman–Crippen LogP) is 2.84. The first-order valence-corrected chi connectivity index (χ1v) is 9.49. The maximum atomic E-state index is 12.7. The fourth-order valence-corrected chi connectivity index (χ4v) is 3.36. The first kappa shape index (κ1) is 21.6. The number of carbonyl (C=O) groups excluding carboxylic acids is 1. The zero-order chi connectivity index (χ0) is 21.7. The summed E-state index contributed by atoms with van der Waals surface area (Å²) in [7, 11) is 0. The van der Waals surface area contributed by atoms with Gasteiger partial charge in [-0.05, 0) is 24.5 Å². The number of ether oxygens (including phenoxy) is 1. The van der Waals surface area contributed by atoms with Gasteiger partial charge in [-0.3, -0.25) is 9.78 Å². The minimum atomic E-state index is -4.56. The molecule has 0 fully saturated rings. The van der Waals surface area contributed by atoms with E-state index in [1.165, 1.54) is 6.20 Å². The Morgan fingerprint density at radius 1 is 1.20 bits per heavy atom. The molecule has 3 N–H and O–H groups in total. The normalized spacial score (nSPS) is 11.4. The maximum Gasteiger partial charge on any atom is 0.434 e. The molecule has 12 heteroatoms. The smallest absolute Gasteiger partial charge is 0.434 e. The molecule has 0 atom stereocenters. The monoisotopic (exact) mass is 438 g/mol. The highest BCUT2D eigenvalue weighted by atomic mass is 32.1. The van der Waals surface area contributed by atoms with Gasteiger partial charge in [-0.1, -0.05) is 0 Å². The van der Waals surface area contributed by atoms with E-state index in [0.29, 0.717) is 52.7 Å². The molecule has 158 valence electrons. The third kappa shape index (κ3) is 5.27. The molecule has 0 saturated carbocycles. The summed E-state index contributed by atoms with van der Waals surface area (Å²) in [6, 6.07) is 3.23. The van der Waals surface area contributed by atoms with E-state index < -0.39 is 17.8 Å². The van der Waals surface area contributed by atoms with Crippen molar-refractivity contribution >= 4 is 23.1 Å². The van der Waals surface area contributed by atoms with Crippen LogP contribution in [0.15, 0.2) is 30.7 Å². The van der Waals surface area contributed by atoms with Gasteiger partial charge in [0.1, 0.15) is 6.61 Å². The number of hydrogen-bond acceptors (Lipinski definition) is 8. The number of anilines is 1. The van der Waals surface area contributed by atoms with Gasteiger partial charge in [0.25, 0.3) is 5.91 Å². The molecule has 0 bridgehead atoms. The third-order valence-corrected chi connectivity index (χ3v) is 4.79. The molecule has 3 rings (SSSR count). The molecule has 0 saturated heterocycles. The van der Waals surface area contributed by atoms with E-state index in [4.69, 9.17) is 10.5 Å².